The van der Waals surface area contributed by atoms with E-state index >= 15 is 0 Å². The van der Waals surface area contributed by atoms with Crippen molar-refractivity contribution in [2.45, 2.75) is 18.2 Å². The number of ether oxygens (including phenoxy) is 1. The lowest BCUT2D eigenvalue weighted by Gasteiger charge is -2.37. The Morgan fingerprint density at radius 3 is 2.55 bits per heavy atom. The van der Waals surface area contributed by atoms with Crippen molar-refractivity contribution < 1.29 is 17.9 Å². The first kappa shape index (κ1) is 21.3. The zero-order valence-corrected chi connectivity index (χ0v) is 18.5. The predicted octanol–water partition coefficient (Wildman–Crippen LogP) is 3.14. The van der Waals surface area contributed by atoms with Crippen LogP contribution in [0.25, 0.3) is 10.8 Å². The molecule has 0 radical (unpaired) electrons. The number of nitrogens with zero attached hydrogens (tertiary/aromatic N) is 1. The van der Waals surface area contributed by atoms with Crippen LogP contribution in [0.1, 0.15) is 11.1 Å². The largest absolute Gasteiger partial charge is 0.497 e. The predicted molar refractivity (Wildman–Crippen MR) is 121 cm³/mol. The van der Waals surface area contributed by atoms with Crippen LogP contribution >= 0.6 is 0 Å². The van der Waals surface area contributed by atoms with Crippen LogP contribution in [-0.2, 0) is 21.2 Å². The van der Waals surface area contributed by atoms with Gasteiger partial charge in [0, 0.05) is 19.6 Å². The van der Waals surface area contributed by atoms with Gasteiger partial charge in [-0.2, -0.15) is 4.31 Å². The Bertz CT molecular complexity index is 1200. The molecule has 1 amide bonds. The zero-order chi connectivity index (χ0) is 22.0. The lowest BCUT2D eigenvalue weighted by Crippen LogP contribution is -2.55. The number of benzene rings is 3. The summed E-state index contributed by atoms with van der Waals surface area (Å²) in [6.07, 6.45) is 0.689. The summed E-state index contributed by atoms with van der Waals surface area (Å²) in [4.78, 5) is 12.7. The van der Waals surface area contributed by atoms with Gasteiger partial charge in [-0.05, 0) is 53.9 Å². The SMILES string of the molecule is COc1ccc2cccc(CCNC(=O)C3CN(S(=O)(=O)c4ccc(C)cc4)C3)c2c1. The molecule has 0 bridgehead atoms. The lowest BCUT2D eigenvalue weighted by atomic mass is 10.0. The molecule has 3 aromatic carbocycles. The van der Waals surface area contributed by atoms with Gasteiger partial charge < -0.3 is 10.1 Å². The second-order valence-electron chi connectivity index (χ2n) is 7.88. The van der Waals surface area contributed by atoms with Gasteiger partial charge in [0.15, 0.2) is 0 Å². The monoisotopic (exact) mass is 438 g/mol. The molecule has 0 aliphatic carbocycles. The Morgan fingerprint density at radius 1 is 1.10 bits per heavy atom. The number of methoxy groups -OCH3 is 1. The fraction of sp³-hybridized carbons (Fsp3) is 0.292. The molecule has 0 atom stereocenters. The Kier molecular flexibility index (Phi) is 5.98. The summed E-state index contributed by atoms with van der Waals surface area (Å²) in [7, 11) is -1.89. The number of amides is 1. The second kappa shape index (κ2) is 8.69. The number of hydrogen-bond donors (Lipinski definition) is 1. The van der Waals surface area contributed by atoms with Crippen LogP contribution in [0, 0.1) is 12.8 Å². The van der Waals surface area contributed by atoms with E-state index in [4.69, 9.17) is 4.74 Å². The van der Waals surface area contributed by atoms with Gasteiger partial charge >= 0.3 is 0 Å². The Labute approximate surface area is 182 Å². The summed E-state index contributed by atoms with van der Waals surface area (Å²) >= 11 is 0. The topological polar surface area (TPSA) is 75.7 Å². The Balaban J connectivity index is 1.32. The minimum Gasteiger partial charge on any atom is -0.497 e. The van der Waals surface area contributed by atoms with Crippen molar-refractivity contribution in [1.82, 2.24) is 9.62 Å². The average Bonchev–Trinajstić information content (AvgIpc) is 2.72. The maximum atomic E-state index is 12.7. The molecule has 0 unspecified atom stereocenters. The lowest BCUT2D eigenvalue weighted by molar-refractivity contribution is -0.128. The van der Waals surface area contributed by atoms with E-state index in [9.17, 15) is 13.2 Å². The molecule has 0 saturated carbocycles. The van der Waals surface area contributed by atoms with Crippen molar-refractivity contribution in [3.8, 4) is 5.75 Å². The van der Waals surface area contributed by atoms with Gasteiger partial charge in [0.25, 0.3) is 0 Å². The first-order chi connectivity index (χ1) is 14.9. The highest BCUT2D eigenvalue weighted by molar-refractivity contribution is 7.89. The normalized spacial score (nSPS) is 14.9. The number of aryl methyl sites for hydroxylation is 1. The van der Waals surface area contributed by atoms with E-state index in [1.807, 2.05) is 43.3 Å². The van der Waals surface area contributed by atoms with E-state index in [1.54, 1.807) is 31.4 Å². The highest BCUT2D eigenvalue weighted by atomic mass is 32.2. The first-order valence-corrected chi connectivity index (χ1v) is 11.7. The summed E-state index contributed by atoms with van der Waals surface area (Å²) in [6, 6.07) is 18.8. The molecule has 1 aliphatic heterocycles. The summed E-state index contributed by atoms with van der Waals surface area (Å²) in [5, 5.41) is 5.19. The fourth-order valence-electron chi connectivity index (χ4n) is 3.79. The van der Waals surface area contributed by atoms with E-state index in [0.29, 0.717) is 13.0 Å². The van der Waals surface area contributed by atoms with E-state index < -0.39 is 10.0 Å². The average molecular weight is 439 g/mol. The minimum atomic E-state index is -3.54. The quantitative estimate of drug-likeness (QED) is 0.615. The number of nitrogens with one attached hydrogen (secondary N) is 1. The number of carbonyl (C=O) groups is 1. The molecular weight excluding hydrogens is 412 g/mol. The van der Waals surface area contributed by atoms with Crippen LogP contribution in [0.4, 0.5) is 0 Å². The van der Waals surface area contributed by atoms with Crippen LogP contribution in [0.2, 0.25) is 0 Å². The first-order valence-electron chi connectivity index (χ1n) is 10.3. The van der Waals surface area contributed by atoms with Crippen molar-refractivity contribution >= 4 is 26.7 Å². The zero-order valence-electron chi connectivity index (χ0n) is 17.7. The van der Waals surface area contributed by atoms with Crippen LogP contribution in [-0.4, -0.2) is 45.4 Å². The molecule has 6 nitrogen and oxygen atoms in total. The number of fused-ring (bicyclic) bond motifs is 1. The summed E-state index contributed by atoms with van der Waals surface area (Å²) < 4.78 is 32.0. The molecule has 31 heavy (non-hydrogen) atoms. The van der Waals surface area contributed by atoms with Crippen molar-refractivity contribution in [1.29, 1.82) is 0 Å². The highest BCUT2D eigenvalue weighted by Crippen LogP contribution is 2.26. The molecule has 1 heterocycles. The summed E-state index contributed by atoms with van der Waals surface area (Å²) in [5.74, 6) is 0.384. The smallest absolute Gasteiger partial charge is 0.243 e. The maximum absolute atomic E-state index is 12.7. The molecule has 0 spiro atoms. The van der Waals surface area contributed by atoms with Crippen LogP contribution in [0.15, 0.2) is 65.6 Å². The van der Waals surface area contributed by atoms with Gasteiger partial charge in [0.2, 0.25) is 15.9 Å². The van der Waals surface area contributed by atoms with E-state index in [0.717, 1.165) is 27.6 Å². The van der Waals surface area contributed by atoms with Crippen molar-refractivity contribution in [3.63, 3.8) is 0 Å². The molecule has 1 N–H and O–H groups in total. The standard InChI is InChI=1S/C24H26N2O4S/c1-17-6-10-22(11-7-17)31(28,29)26-15-20(16-26)24(27)25-13-12-19-5-3-4-18-8-9-21(30-2)14-23(18)19/h3-11,14,20H,12-13,15-16H2,1-2H3,(H,25,27). The van der Waals surface area contributed by atoms with Crippen LogP contribution in [0.3, 0.4) is 0 Å². The Morgan fingerprint density at radius 2 is 1.84 bits per heavy atom. The highest BCUT2D eigenvalue weighted by Gasteiger charge is 2.40. The maximum Gasteiger partial charge on any atom is 0.243 e. The molecule has 1 aliphatic rings. The van der Waals surface area contributed by atoms with E-state index in [1.165, 1.54) is 4.31 Å². The third-order valence-electron chi connectivity index (χ3n) is 5.75. The summed E-state index contributed by atoms with van der Waals surface area (Å²) in [6.45, 7) is 2.84. The van der Waals surface area contributed by atoms with Gasteiger partial charge in [-0.25, -0.2) is 8.42 Å². The Hall–Kier alpha value is -2.90. The van der Waals surface area contributed by atoms with Gasteiger partial charge in [-0.1, -0.05) is 42.0 Å². The molecule has 4 rings (SSSR count). The number of hydrogen-bond acceptors (Lipinski definition) is 4. The molecule has 1 fully saturated rings. The molecular formula is C24H26N2O4S. The van der Waals surface area contributed by atoms with Crippen molar-refractivity contribution in [3.05, 3.63) is 71.8 Å². The fourth-order valence-corrected chi connectivity index (χ4v) is 5.32. The van der Waals surface area contributed by atoms with Gasteiger partial charge in [0.1, 0.15) is 5.75 Å². The number of sulfonamides is 1. The molecule has 7 heteroatoms. The second-order valence-corrected chi connectivity index (χ2v) is 9.82. The molecule has 1 saturated heterocycles. The number of rotatable bonds is 7. The van der Waals surface area contributed by atoms with Crippen molar-refractivity contribution in [2.24, 2.45) is 5.92 Å². The third kappa shape index (κ3) is 4.43. The molecule has 3 aromatic rings. The minimum absolute atomic E-state index is 0.104. The molecule has 162 valence electrons. The van der Waals surface area contributed by atoms with E-state index in [-0.39, 0.29) is 29.8 Å². The van der Waals surface area contributed by atoms with Gasteiger partial charge in [0.05, 0.1) is 17.9 Å². The molecule has 0 aromatic heterocycles. The number of carbonyl (C=O) groups excluding carboxylic acids is 1. The summed E-state index contributed by atoms with van der Waals surface area (Å²) in [5.41, 5.74) is 2.14. The van der Waals surface area contributed by atoms with Gasteiger partial charge in [-0.15, -0.1) is 0 Å². The van der Waals surface area contributed by atoms with Crippen LogP contribution < -0.4 is 10.1 Å². The van der Waals surface area contributed by atoms with Gasteiger partial charge in [-0.3, -0.25) is 4.79 Å². The van der Waals surface area contributed by atoms with Crippen LogP contribution in [0.5, 0.6) is 5.75 Å². The van der Waals surface area contributed by atoms with Crippen molar-refractivity contribution in [2.75, 3.05) is 26.7 Å². The van der Waals surface area contributed by atoms with E-state index in [2.05, 4.69) is 5.32 Å². The third-order valence-corrected chi connectivity index (χ3v) is 7.60.